The summed E-state index contributed by atoms with van der Waals surface area (Å²) in [7, 11) is 0. The summed E-state index contributed by atoms with van der Waals surface area (Å²) < 4.78 is 0. The molecule has 1 fully saturated rings. The number of hydrogen-bond acceptors (Lipinski definition) is 3. The van der Waals surface area contributed by atoms with Crippen molar-refractivity contribution in [2.45, 2.75) is 39.5 Å². The van der Waals surface area contributed by atoms with Crippen LogP contribution in [0.3, 0.4) is 0 Å². The summed E-state index contributed by atoms with van der Waals surface area (Å²) in [5, 5.41) is 15.9. The van der Waals surface area contributed by atoms with Crippen LogP contribution in [0.15, 0.2) is 0 Å². The minimum Gasteiger partial charge on any atom is -0.396 e. The second-order valence-electron chi connectivity index (χ2n) is 5.83. The van der Waals surface area contributed by atoms with Crippen LogP contribution in [-0.2, 0) is 0 Å². The van der Waals surface area contributed by atoms with Crippen molar-refractivity contribution < 1.29 is 5.11 Å². The van der Waals surface area contributed by atoms with E-state index in [4.69, 9.17) is 5.11 Å². The summed E-state index contributed by atoms with van der Waals surface area (Å²) in [6.07, 6.45) is 4.69. The van der Waals surface area contributed by atoms with Gasteiger partial charge in [-0.05, 0) is 56.7 Å². The van der Waals surface area contributed by atoms with Gasteiger partial charge in [0.15, 0.2) is 0 Å². The SMILES string of the molecule is CC(C)(CCCO)CNCC1CCCNC1. The summed E-state index contributed by atoms with van der Waals surface area (Å²) in [4.78, 5) is 0. The van der Waals surface area contributed by atoms with Crippen LogP contribution >= 0.6 is 0 Å². The van der Waals surface area contributed by atoms with Gasteiger partial charge in [-0.15, -0.1) is 0 Å². The van der Waals surface area contributed by atoms with Gasteiger partial charge in [0.25, 0.3) is 0 Å². The molecular formula is C13H28N2O. The van der Waals surface area contributed by atoms with Crippen LogP contribution in [-0.4, -0.2) is 37.9 Å². The Kier molecular flexibility index (Phi) is 6.32. The molecule has 3 N–H and O–H groups in total. The minimum atomic E-state index is 0.310. The Balaban J connectivity index is 2.08. The zero-order valence-electron chi connectivity index (χ0n) is 10.9. The van der Waals surface area contributed by atoms with Gasteiger partial charge in [0.1, 0.15) is 0 Å². The van der Waals surface area contributed by atoms with Crippen LogP contribution < -0.4 is 10.6 Å². The molecule has 1 atom stereocenters. The highest BCUT2D eigenvalue weighted by atomic mass is 16.2. The number of hydrogen-bond donors (Lipinski definition) is 3. The van der Waals surface area contributed by atoms with Crippen molar-refractivity contribution in [1.29, 1.82) is 0 Å². The first-order valence-corrected chi connectivity index (χ1v) is 6.66. The van der Waals surface area contributed by atoms with Crippen LogP contribution in [0.4, 0.5) is 0 Å². The average molecular weight is 228 g/mol. The lowest BCUT2D eigenvalue weighted by Gasteiger charge is -2.28. The predicted octanol–water partition coefficient (Wildman–Crippen LogP) is 1.37. The van der Waals surface area contributed by atoms with Crippen molar-refractivity contribution >= 4 is 0 Å². The lowest BCUT2D eigenvalue weighted by molar-refractivity contribution is 0.232. The molecule has 16 heavy (non-hydrogen) atoms. The first-order valence-electron chi connectivity index (χ1n) is 6.66. The van der Waals surface area contributed by atoms with E-state index in [1.807, 2.05) is 0 Å². The molecule has 1 rings (SSSR count). The topological polar surface area (TPSA) is 44.3 Å². The van der Waals surface area contributed by atoms with E-state index in [0.717, 1.165) is 31.8 Å². The molecule has 3 heteroatoms. The van der Waals surface area contributed by atoms with E-state index in [1.165, 1.54) is 25.9 Å². The third-order valence-corrected chi connectivity index (χ3v) is 3.45. The van der Waals surface area contributed by atoms with E-state index < -0.39 is 0 Å². The van der Waals surface area contributed by atoms with E-state index in [1.54, 1.807) is 0 Å². The van der Waals surface area contributed by atoms with E-state index in [9.17, 15) is 0 Å². The van der Waals surface area contributed by atoms with Gasteiger partial charge in [0.2, 0.25) is 0 Å². The summed E-state index contributed by atoms with van der Waals surface area (Å²) in [5.41, 5.74) is 0.310. The van der Waals surface area contributed by atoms with E-state index in [0.29, 0.717) is 12.0 Å². The van der Waals surface area contributed by atoms with Gasteiger partial charge in [-0.25, -0.2) is 0 Å². The molecule has 0 amide bonds. The van der Waals surface area contributed by atoms with Crippen molar-refractivity contribution in [3.8, 4) is 0 Å². The van der Waals surface area contributed by atoms with Crippen LogP contribution in [0.25, 0.3) is 0 Å². The van der Waals surface area contributed by atoms with Gasteiger partial charge in [0.05, 0.1) is 0 Å². The number of aliphatic hydroxyl groups is 1. The van der Waals surface area contributed by atoms with E-state index in [-0.39, 0.29) is 0 Å². The predicted molar refractivity (Wildman–Crippen MR) is 68.6 cm³/mol. The molecule has 0 saturated carbocycles. The van der Waals surface area contributed by atoms with Gasteiger partial charge >= 0.3 is 0 Å². The molecule has 1 saturated heterocycles. The molecule has 1 unspecified atom stereocenters. The molecule has 0 spiro atoms. The molecule has 1 heterocycles. The molecular weight excluding hydrogens is 200 g/mol. The Hall–Kier alpha value is -0.120. The van der Waals surface area contributed by atoms with E-state index in [2.05, 4.69) is 24.5 Å². The number of aliphatic hydroxyl groups excluding tert-OH is 1. The first-order chi connectivity index (χ1) is 7.64. The van der Waals surface area contributed by atoms with Gasteiger partial charge < -0.3 is 15.7 Å². The second-order valence-corrected chi connectivity index (χ2v) is 5.83. The lowest BCUT2D eigenvalue weighted by Crippen LogP contribution is -2.39. The highest BCUT2D eigenvalue weighted by Gasteiger charge is 2.18. The fourth-order valence-electron chi connectivity index (χ4n) is 2.36. The maximum absolute atomic E-state index is 8.83. The van der Waals surface area contributed by atoms with Gasteiger partial charge in [-0.2, -0.15) is 0 Å². The second kappa shape index (κ2) is 7.25. The maximum atomic E-state index is 8.83. The quantitative estimate of drug-likeness (QED) is 0.617. The smallest absolute Gasteiger partial charge is 0.0431 e. The van der Waals surface area contributed by atoms with Crippen molar-refractivity contribution in [2.75, 3.05) is 32.8 Å². The Morgan fingerprint density at radius 2 is 2.25 bits per heavy atom. The summed E-state index contributed by atoms with van der Waals surface area (Å²) >= 11 is 0. The molecule has 1 aliphatic heterocycles. The standard InChI is InChI=1S/C13H28N2O/c1-13(2,6-4-8-16)11-15-10-12-5-3-7-14-9-12/h12,14-16H,3-11H2,1-2H3. The molecule has 0 aromatic heterocycles. The van der Waals surface area contributed by atoms with Crippen LogP contribution in [0.5, 0.6) is 0 Å². The highest BCUT2D eigenvalue weighted by Crippen LogP contribution is 2.21. The summed E-state index contributed by atoms with van der Waals surface area (Å²) in [6, 6.07) is 0. The van der Waals surface area contributed by atoms with Crippen LogP contribution in [0.2, 0.25) is 0 Å². The molecule has 1 aliphatic rings. The zero-order chi connectivity index (χ0) is 11.9. The van der Waals surface area contributed by atoms with Gasteiger partial charge in [-0.1, -0.05) is 13.8 Å². The number of nitrogens with one attached hydrogen (secondary N) is 2. The molecule has 0 bridgehead atoms. The zero-order valence-corrected chi connectivity index (χ0v) is 10.9. The molecule has 96 valence electrons. The monoisotopic (exact) mass is 228 g/mol. The van der Waals surface area contributed by atoms with Crippen molar-refractivity contribution in [3.63, 3.8) is 0 Å². The Labute approximate surface area is 100 Å². The van der Waals surface area contributed by atoms with E-state index >= 15 is 0 Å². The van der Waals surface area contributed by atoms with Gasteiger partial charge in [-0.3, -0.25) is 0 Å². The molecule has 0 radical (unpaired) electrons. The van der Waals surface area contributed by atoms with Crippen molar-refractivity contribution in [2.24, 2.45) is 11.3 Å². The molecule has 0 aromatic rings. The average Bonchev–Trinajstić information content (AvgIpc) is 2.28. The van der Waals surface area contributed by atoms with Crippen LogP contribution in [0, 0.1) is 11.3 Å². The summed E-state index contributed by atoms with van der Waals surface area (Å²) in [5.74, 6) is 0.808. The Morgan fingerprint density at radius 1 is 1.44 bits per heavy atom. The fourth-order valence-corrected chi connectivity index (χ4v) is 2.36. The third-order valence-electron chi connectivity index (χ3n) is 3.45. The fraction of sp³-hybridized carbons (Fsp3) is 1.00. The summed E-state index contributed by atoms with van der Waals surface area (Å²) in [6.45, 7) is 9.42. The van der Waals surface area contributed by atoms with Gasteiger partial charge in [0, 0.05) is 13.2 Å². The third kappa shape index (κ3) is 5.83. The largest absolute Gasteiger partial charge is 0.396 e. The molecule has 3 nitrogen and oxygen atoms in total. The highest BCUT2D eigenvalue weighted by molar-refractivity contribution is 4.75. The minimum absolute atomic E-state index is 0.310. The lowest BCUT2D eigenvalue weighted by atomic mass is 9.87. The number of rotatable bonds is 7. The Bertz CT molecular complexity index is 177. The normalized spacial score (nSPS) is 22.3. The van der Waals surface area contributed by atoms with Crippen LogP contribution in [0.1, 0.15) is 39.5 Å². The number of piperidine rings is 1. The maximum Gasteiger partial charge on any atom is 0.0431 e. The van der Waals surface area contributed by atoms with Crippen molar-refractivity contribution in [3.05, 3.63) is 0 Å². The first kappa shape index (κ1) is 13.9. The van der Waals surface area contributed by atoms with Crippen molar-refractivity contribution in [1.82, 2.24) is 10.6 Å². The molecule has 0 aromatic carbocycles. The molecule has 0 aliphatic carbocycles. The Morgan fingerprint density at radius 3 is 2.88 bits per heavy atom.